The number of ether oxygens (including phenoxy) is 2. The van der Waals surface area contributed by atoms with E-state index in [1.807, 2.05) is 24.3 Å². The van der Waals surface area contributed by atoms with Gasteiger partial charge in [-0.15, -0.1) is 0 Å². The van der Waals surface area contributed by atoms with Crippen LogP contribution in [0.1, 0.15) is 23.3 Å². The van der Waals surface area contributed by atoms with Crippen molar-refractivity contribution in [2.75, 3.05) is 17.7 Å². The molecule has 0 atom stereocenters. The highest BCUT2D eigenvalue weighted by Gasteiger charge is 2.29. The number of H-pyrrole nitrogens is 1. The molecular formula is C28H23N7O4. The number of carbonyl (C=O) groups excluding carboxylic acids is 2. The summed E-state index contributed by atoms with van der Waals surface area (Å²) in [6.07, 6.45) is 8.26. The summed E-state index contributed by atoms with van der Waals surface area (Å²) < 4.78 is 10.8. The lowest BCUT2D eigenvalue weighted by Crippen LogP contribution is -2.13. The van der Waals surface area contributed by atoms with E-state index in [1.165, 1.54) is 13.3 Å². The fraction of sp³-hybridized carbons (Fsp3) is 0.143. The first kappa shape index (κ1) is 24.0. The molecule has 0 saturated heterocycles. The number of anilines is 2. The van der Waals surface area contributed by atoms with Gasteiger partial charge in [0.1, 0.15) is 5.75 Å². The maximum atomic E-state index is 13.1. The maximum absolute atomic E-state index is 13.1. The van der Waals surface area contributed by atoms with Gasteiger partial charge in [-0.2, -0.15) is 5.10 Å². The largest absolute Gasteiger partial charge is 0.481 e. The van der Waals surface area contributed by atoms with Crippen molar-refractivity contribution in [1.82, 2.24) is 25.1 Å². The second-order valence-corrected chi connectivity index (χ2v) is 9.03. The van der Waals surface area contributed by atoms with Crippen LogP contribution < -0.4 is 20.1 Å². The number of hydrogen-bond acceptors (Lipinski definition) is 8. The highest BCUT2D eigenvalue weighted by Crippen LogP contribution is 2.31. The first-order valence-corrected chi connectivity index (χ1v) is 12.3. The molecule has 1 aliphatic rings. The number of amides is 2. The Bertz CT molecular complexity index is 1680. The molecule has 11 nitrogen and oxygen atoms in total. The first-order valence-electron chi connectivity index (χ1n) is 12.3. The molecule has 5 aromatic rings. The van der Waals surface area contributed by atoms with Crippen LogP contribution in [0.2, 0.25) is 0 Å². The number of benzene rings is 1. The third-order valence-corrected chi connectivity index (χ3v) is 6.20. The Morgan fingerprint density at radius 2 is 1.79 bits per heavy atom. The molecule has 0 unspecified atom stereocenters. The Hall–Kier alpha value is -5.32. The molecule has 194 valence electrons. The highest BCUT2D eigenvalue weighted by atomic mass is 16.5. The Morgan fingerprint density at radius 3 is 2.59 bits per heavy atom. The van der Waals surface area contributed by atoms with E-state index in [0.29, 0.717) is 39.8 Å². The second-order valence-electron chi connectivity index (χ2n) is 9.03. The zero-order valence-electron chi connectivity index (χ0n) is 20.8. The molecule has 11 heteroatoms. The number of carbonyl (C=O) groups is 2. The predicted molar refractivity (Wildman–Crippen MR) is 144 cm³/mol. The zero-order valence-corrected chi connectivity index (χ0v) is 20.8. The number of hydrogen-bond donors (Lipinski definition) is 3. The Labute approximate surface area is 222 Å². The molecule has 0 bridgehead atoms. The maximum Gasteiger partial charge on any atom is 0.276 e. The van der Waals surface area contributed by atoms with Crippen molar-refractivity contribution in [3.8, 4) is 28.6 Å². The van der Waals surface area contributed by atoms with E-state index >= 15 is 0 Å². The first-order chi connectivity index (χ1) is 19.1. The summed E-state index contributed by atoms with van der Waals surface area (Å²) in [6, 6.07) is 14.2. The van der Waals surface area contributed by atoms with Crippen molar-refractivity contribution in [1.29, 1.82) is 0 Å². The Balaban J connectivity index is 1.17. The number of methoxy groups -OCH3 is 1. The van der Waals surface area contributed by atoms with E-state index < -0.39 is 5.91 Å². The highest BCUT2D eigenvalue weighted by molar-refractivity contribution is 6.11. The molecule has 0 aliphatic heterocycles. The zero-order chi connectivity index (χ0) is 26.8. The van der Waals surface area contributed by atoms with Gasteiger partial charge < -0.3 is 20.1 Å². The molecule has 0 spiro atoms. The number of nitrogens with one attached hydrogen (secondary N) is 3. The summed E-state index contributed by atoms with van der Waals surface area (Å²) >= 11 is 0. The summed E-state index contributed by atoms with van der Waals surface area (Å²) in [5.74, 6) is 1.02. The van der Waals surface area contributed by atoms with Gasteiger partial charge in [0.25, 0.3) is 5.91 Å². The standard InChI is InChI=1S/C28H23N7O4/c1-38-25-12-21(8-9-30-25)39-24-7-5-19(15-31-24)32-28(37)26-22-11-17(4-6-23(22)34-35-26)18-10-20(14-29-13-18)33-27(36)16-2-3-16/h4-16H,2-3H2,1H3,(H,32,37)(H,33,36)(H,34,35). The molecule has 0 radical (unpaired) electrons. The third-order valence-electron chi connectivity index (χ3n) is 6.20. The van der Waals surface area contributed by atoms with Crippen molar-refractivity contribution in [3.05, 3.63) is 79.0 Å². The lowest BCUT2D eigenvalue weighted by Gasteiger charge is -2.08. The fourth-order valence-corrected chi connectivity index (χ4v) is 4.01. The second kappa shape index (κ2) is 10.2. The van der Waals surface area contributed by atoms with Crippen molar-refractivity contribution >= 4 is 34.1 Å². The van der Waals surface area contributed by atoms with Crippen molar-refractivity contribution in [3.63, 3.8) is 0 Å². The molecule has 1 fully saturated rings. The molecule has 1 aromatic carbocycles. The van der Waals surface area contributed by atoms with E-state index in [4.69, 9.17) is 9.47 Å². The van der Waals surface area contributed by atoms with Gasteiger partial charge in [-0.25, -0.2) is 9.97 Å². The van der Waals surface area contributed by atoms with Crippen LogP contribution in [0.5, 0.6) is 17.5 Å². The van der Waals surface area contributed by atoms with Crippen LogP contribution in [-0.4, -0.2) is 44.1 Å². The van der Waals surface area contributed by atoms with Crippen LogP contribution in [-0.2, 0) is 4.79 Å². The molecule has 2 amide bonds. The molecule has 39 heavy (non-hydrogen) atoms. The van der Waals surface area contributed by atoms with Gasteiger partial charge in [0.2, 0.25) is 17.7 Å². The van der Waals surface area contributed by atoms with Crippen molar-refractivity contribution in [2.45, 2.75) is 12.8 Å². The van der Waals surface area contributed by atoms with E-state index in [1.54, 1.807) is 42.9 Å². The SMILES string of the molecule is COc1cc(Oc2ccc(NC(=O)c3n[nH]c4ccc(-c5cncc(NC(=O)C6CC6)c5)cc34)cn2)ccn1. The molecular weight excluding hydrogens is 498 g/mol. The number of rotatable bonds is 8. The molecule has 4 heterocycles. The summed E-state index contributed by atoms with van der Waals surface area (Å²) in [6.45, 7) is 0. The summed E-state index contributed by atoms with van der Waals surface area (Å²) in [4.78, 5) is 37.8. The number of pyridine rings is 3. The van der Waals surface area contributed by atoms with Crippen molar-refractivity contribution < 1.29 is 19.1 Å². The number of nitrogens with zero attached hydrogens (tertiary/aromatic N) is 4. The third kappa shape index (κ3) is 5.37. The van der Waals surface area contributed by atoms with Crippen LogP contribution in [0.15, 0.2) is 73.3 Å². The van der Waals surface area contributed by atoms with Crippen LogP contribution in [0.4, 0.5) is 11.4 Å². The van der Waals surface area contributed by atoms with Crippen LogP contribution >= 0.6 is 0 Å². The van der Waals surface area contributed by atoms with E-state index in [-0.39, 0.29) is 17.5 Å². The number of aromatic amines is 1. The van der Waals surface area contributed by atoms with Crippen molar-refractivity contribution in [2.24, 2.45) is 5.92 Å². The Kier molecular flexibility index (Phi) is 6.29. The van der Waals surface area contributed by atoms with E-state index in [2.05, 4.69) is 35.8 Å². The lowest BCUT2D eigenvalue weighted by atomic mass is 10.0. The quantitative estimate of drug-likeness (QED) is 0.264. The minimum atomic E-state index is -0.392. The van der Waals surface area contributed by atoms with Crippen LogP contribution in [0.25, 0.3) is 22.0 Å². The number of aromatic nitrogens is 5. The fourth-order valence-electron chi connectivity index (χ4n) is 4.01. The van der Waals surface area contributed by atoms with Gasteiger partial charge in [0.05, 0.1) is 36.4 Å². The van der Waals surface area contributed by atoms with Gasteiger partial charge in [-0.3, -0.25) is 19.7 Å². The topological polar surface area (TPSA) is 144 Å². The van der Waals surface area contributed by atoms with Gasteiger partial charge in [-0.05, 0) is 48.7 Å². The molecule has 1 aliphatic carbocycles. The predicted octanol–water partition coefficient (Wildman–Crippen LogP) is 4.82. The molecule has 6 rings (SSSR count). The van der Waals surface area contributed by atoms with Crippen LogP contribution in [0, 0.1) is 5.92 Å². The average Bonchev–Trinajstić information content (AvgIpc) is 3.73. The van der Waals surface area contributed by atoms with Gasteiger partial charge in [0.15, 0.2) is 5.69 Å². The Morgan fingerprint density at radius 1 is 0.897 bits per heavy atom. The summed E-state index contributed by atoms with van der Waals surface area (Å²) in [7, 11) is 1.53. The van der Waals surface area contributed by atoms with Gasteiger partial charge in [-0.1, -0.05) is 6.07 Å². The monoisotopic (exact) mass is 521 g/mol. The molecule has 1 saturated carbocycles. The van der Waals surface area contributed by atoms with Gasteiger partial charge >= 0.3 is 0 Å². The minimum Gasteiger partial charge on any atom is -0.481 e. The van der Waals surface area contributed by atoms with E-state index in [9.17, 15) is 9.59 Å². The number of fused-ring (bicyclic) bond motifs is 1. The summed E-state index contributed by atoms with van der Waals surface area (Å²) in [5, 5.41) is 13.5. The lowest BCUT2D eigenvalue weighted by molar-refractivity contribution is -0.117. The smallest absolute Gasteiger partial charge is 0.276 e. The normalized spacial score (nSPS) is 12.6. The minimum absolute atomic E-state index is 0.0184. The summed E-state index contributed by atoms with van der Waals surface area (Å²) in [5.41, 5.74) is 3.72. The van der Waals surface area contributed by atoms with Crippen LogP contribution in [0.3, 0.4) is 0 Å². The van der Waals surface area contributed by atoms with Gasteiger partial charge in [0, 0.05) is 41.4 Å². The average molecular weight is 522 g/mol. The molecule has 4 aromatic heterocycles. The molecule has 3 N–H and O–H groups in total. The van der Waals surface area contributed by atoms with E-state index in [0.717, 1.165) is 24.0 Å².